The second-order valence-corrected chi connectivity index (χ2v) is 4.02. The minimum Gasteiger partial charge on any atom is -0.462 e. The Balaban J connectivity index is 2.33. The molecule has 0 saturated heterocycles. The van der Waals surface area contributed by atoms with Crippen molar-refractivity contribution in [2.75, 3.05) is 6.61 Å². The number of alkyl halides is 1. The van der Waals surface area contributed by atoms with Crippen LogP contribution in [0.3, 0.4) is 0 Å². The van der Waals surface area contributed by atoms with Crippen LogP contribution in [0.25, 0.3) is 0 Å². The molecule has 1 aromatic carbocycles. The average molecular weight is 253 g/mol. The molecular formula is C14H17ClO2. The number of carbonyl (C=O) groups is 1. The van der Waals surface area contributed by atoms with Gasteiger partial charge < -0.3 is 4.74 Å². The Bertz CT molecular complexity index is 357. The SMILES string of the molecule is C=CCCCCOC(=O)c1ccc(CCl)cc1. The molecule has 0 unspecified atom stereocenters. The summed E-state index contributed by atoms with van der Waals surface area (Å²) in [6.45, 7) is 4.10. The van der Waals surface area contributed by atoms with Gasteiger partial charge >= 0.3 is 5.97 Å². The van der Waals surface area contributed by atoms with Crippen molar-refractivity contribution in [3.8, 4) is 0 Å². The Kier molecular flexibility index (Phi) is 6.41. The van der Waals surface area contributed by atoms with Gasteiger partial charge in [0.15, 0.2) is 0 Å². The van der Waals surface area contributed by atoms with Crippen molar-refractivity contribution in [3.05, 3.63) is 48.0 Å². The van der Waals surface area contributed by atoms with Gasteiger partial charge in [-0.15, -0.1) is 18.2 Å². The summed E-state index contributed by atoms with van der Waals surface area (Å²) in [5.74, 6) is 0.182. The molecule has 0 heterocycles. The van der Waals surface area contributed by atoms with Crippen molar-refractivity contribution >= 4 is 17.6 Å². The first-order valence-electron chi connectivity index (χ1n) is 5.71. The Morgan fingerprint density at radius 1 is 1.29 bits per heavy atom. The standard InChI is InChI=1S/C14H17ClO2/c1-2-3-4-5-10-17-14(16)13-8-6-12(11-15)7-9-13/h2,6-9H,1,3-5,10-11H2. The molecular weight excluding hydrogens is 236 g/mol. The molecule has 0 aliphatic carbocycles. The molecule has 2 nitrogen and oxygen atoms in total. The highest BCUT2D eigenvalue weighted by Gasteiger charge is 2.05. The first-order chi connectivity index (χ1) is 8.27. The molecule has 1 aromatic rings. The molecule has 0 radical (unpaired) electrons. The van der Waals surface area contributed by atoms with E-state index in [0.717, 1.165) is 24.8 Å². The lowest BCUT2D eigenvalue weighted by atomic mass is 10.1. The maximum Gasteiger partial charge on any atom is 0.338 e. The van der Waals surface area contributed by atoms with Crippen LogP contribution in [0.5, 0.6) is 0 Å². The summed E-state index contributed by atoms with van der Waals surface area (Å²) in [4.78, 5) is 11.6. The smallest absolute Gasteiger partial charge is 0.338 e. The number of benzene rings is 1. The molecule has 0 spiro atoms. The van der Waals surface area contributed by atoms with Crippen molar-refractivity contribution < 1.29 is 9.53 Å². The summed E-state index contributed by atoms with van der Waals surface area (Å²) in [6.07, 6.45) is 4.70. The molecule has 0 aromatic heterocycles. The number of halogens is 1. The van der Waals surface area contributed by atoms with Crippen LogP contribution in [0.1, 0.15) is 35.2 Å². The Morgan fingerprint density at radius 3 is 2.59 bits per heavy atom. The van der Waals surface area contributed by atoms with E-state index in [2.05, 4.69) is 6.58 Å². The number of unbranched alkanes of at least 4 members (excludes halogenated alkanes) is 2. The first kappa shape index (κ1) is 13.8. The van der Waals surface area contributed by atoms with Crippen molar-refractivity contribution in [2.45, 2.75) is 25.1 Å². The van der Waals surface area contributed by atoms with Crippen LogP contribution in [0.4, 0.5) is 0 Å². The minimum atomic E-state index is -0.273. The molecule has 0 N–H and O–H groups in total. The summed E-state index contributed by atoms with van der Waals surface area (Å²) < 4.78 is 5.14. The van der Waals surface area contributed by atoms with Gasteiger partial charge in [-0.3, -0.25) is 0 Å². The van der Waals surface area contributed by atoms with Crippen LogP contribution in [0, 0.1) is 0 Å². The highest BCUT2D eigenvalue weighted by atomic mass is 35.5. The largest absolute Gasteiger partial charge is 0.462 e. The molecule has 92 valence electrons. The van der Waals surface area contributed by atoms with E-state index in [9.17, 15) is 4.79 Å². The van der Waals surface area contributed by atoms with E-state index in [0.29, 0.717) is 18.1 Å². The molecule has 0 aliphatic heterocycles. The lowest BCUT2D eigenvalue weighted by Crippen LogP contribution is -2.06. The summed E-state index contributed by atoms with van der Waals surface area (Å²) in [5, 5.41) is 0. The van der Waals surface area contributed by atoms with E-state index >= 15 is 0 Å². The number of rotatable bonds is 7. The number of hydrogen-bond acceptors (Lipinski definition) is 2. The van der Waals surface area contributed by atoms with Crippen LogP contribution in [0.2, 0.25) is 0 Å². The molecule has 0 fully saturated rings. The third-order valence-electron chi connectivity index (χ3n) is 2.38. The van der Waals surface area contributed by atoms with Gasteiger partial charge in [-0.1, -0.05) is 18.2 Å². The molecule has 17 heavy (non-hydrogen) atoms. The number of esters is 1. The summed E-state index contributed by atoms with van der Waals surface area (Å²) in [6, 6.07) is 7.15. The maximum atomic E-state index is 11.6. The number of carbonyl (C=O) groups excluding carboxylic acids is 1. The van der Waals surface area contributed by atoms with Gasteiger partial charge in [0.25, 0.3) is 0 Å². The number of allylic oxidation sites excluding steroid dienone is 1. The fourth-order valence-electron chi connectivity index (χ4n) is 1.37. The number of ether oxygens (including phenoxy) is 1. The maximum absolute atomic E-state index is 11.6. The molecule has 1 rings (SSSR count). The molecule has 0 atom stereocenters. The summed E-state index contributed by atoms with van der Waals surface area (Å²) >= 11 is 5.67. The monoisotopic (exact) mass is 252 g/mol. The third kappa shape index (κ3) is 5.05. The second-order valence-electron chi connectivity index (χ2n) is 3.75. The van der Waals surface area contributed by atoms with Gasteiger partial charge in [-0.2, -0.15) is 0 Å². The molecule has 0 aliphatic rings. The lowest BCUT2D eigenvalue weighted by molar-refractivity contribution is 0.0498. The van der Waals surface area contributed by atoms with Crippen LogP contribution >= 0.6 is 11.6 Å². The topological polar surface area (TPSA) is 26.3 Å². The zero-order valence-corrected chi connectivity index (χ0v) is 10.6. The quantitative estimate of drug-likeness (QED) is 0.318. The van der Waals surface area contributed by atoms with E-state index < -0.39 is 0 Å². The van der Waals surface area contributed by atoms with Gasteiger partial charge in [0.1, 0.15) is 0 Å². The van der Waals surface area contributed by atoms with Gasteiger partial charge in [0.05, 0.1) is 12.2 Å². The fourth-order valence-corrected chi connectivity index (χ4v) is 1.55. The summed E-state index contributed by atoms with van der Waals surface area (Å²) in [5.41, 5.74) is 1.57. The van der Waals surface area contributed by atoms with E-state index in [1.54, 1.807) is 12.1 Å². The zero-order chi connectivity index (χ0) is 12.5. The minimum absolute atomic E-state index is 0.273. The Labute approximate surface area is 107 Å². The normalized spacial score (nSPS) is 9.94. The van der Waals surface area contributed by atoms with Crippen molar-refractivity contribution in [1.29, 1.82) is 0 Å². The van der Waals surface area contributed by atoms with Crippen molar-refractivity contribution in [3.63, 3.8) is 0 Å². The van der Waals surface area contributed by atoms with Crippen LogP contribution in [-0.4, -0.2) is 12.6 Å². The van der Waals surface area contributed by atoms with E-state index in [4.69, 9.17) is 16.3 Å². The predicted octanol–water partition coefficient (Wildman–Crippen LogP) is 3.94. The van der Waals surface area contributed by atoms with E-state index in [1.807, 2.05) is 18.2 Å². The van der Waals surface area contributed by atoms with Crippen LogP contribution in [0.15, 0.2) is 36.9 Å². The van der Waals surface area contributed by atoms with Crippen molar-refractivity contribution in [2.24, 2.45) is 0 Å². The zero-order valence-electron chi connectivity index (χ0n) is 9.82. The Morgan fingerprint density at radius 2 is 2.00 bits per heavy atom. The van der Waals surface area contributed by atoms with Crippen LogP contribution in [-0.2, 0) is 10.6 Å². The highest BCUT2D eigenvalue weighted by Crippen LogP contribution is 2.08. The molecule has 0 saturated carbocycles. The van der Waals surface area contributed by atoms with Gasteiger partial charge in [-0.05, 0) is 37.0 Å². The molecule has 3 heteroatoms. The predicted molar refractivity (Wildman–Crippen MR) is 70.3 cm³/mol. The van der Waals surface area contributed by atoms with Gasteiger partial charge in [-0.25, -0.2) is 4.79 Å². The third-order valence-corrected chi connectivity index (χ3v) is 2.69. The average Bonchev–Trinajstić information content (AvgIpc) is 2.38. The first-order valence-corrected chi connectivity index (χ1v) is 6.24. The Hall–Kier alpha value is -1.28. The summed E-state index contributed by atoms with van der Waals surface area (Å²) in [7, 11) is 0. The van der Waals surface area contributed by atoms with Crippen LogP contribution < -0.4 is 0 Å². The molecule has 0 bridgehead atoms. The lowest BCUT2D eigenvalue weighted by Gasteiger charge is -2.04. The van der Waals surface area contributed by atoms with E-state index in [1.165, 1.54) is 0 Å². The van der Waals surface area contributed by atoms with Gasteiger partial charge in [0, 0.05) is 5.88 Å². The molecule has 0 amide bonds. The van der Waals surface area contributed by atoms with E-state index in [-0.39, 0.29) is 5.97 Å². The highest BCUT2D eigenvalue weighted by molar-refractivity contribution is 6.17. The van der Waals surface area contributed by atoms with Gasteiger partial charge in [0.2, 0.25) is 0 Å². The number of hydrogen-bond donors (Lipinski definition) is 0. The fraction of sp³-hybridized carbons (Fsp3) is 0.357. The second kappa shape index (κ2) is 7.91. The van der Waals surface area contributed by atoms with Crippen molar-refractivity contribution in [1.82, 2.24) is 0 Å².